The van der Waals surface area contributed by atoms with E-state index in [0.29, 0.717) is 36.1 Å². The largest absolute Gasteiger partial charge is 0.356 e. The molecule has 5 rings (SSSR count). The van der Waals surface area contributed by atoms with Crippen LogP contribution in [0, 0.1) is 12.9 Å². The maximum Gasteiger partial charge on any atom is 0.276 e. The highest BCUT2D eigenvalue weighted by atomic mass is 32.2. The quantitative estimate of drug-likeness (QED) is 0.446. The average molecular weight is 471 g/mol. The molecule has 1 aliphatic heterocycles. The molecule has 1 fully saturated rings. The Morgan fingerprint density at radius 2 is 1.88 bits per heavy atom. The minimum atomic E-state index is -3.80. The minimum absolute atomic E-state index is 0.154. The number of aromatic nitrogens is 2. The number of nitrogens with zero attached hydrogens (tertiary/aromatic N) is 3. The summed E-state index contributed by atoms with van der Waals surface area (Å²) in [5, 5.41) is 8.96. The number of halogens is 1. The van der Waals surface area contributed by atoms with E-state index in [9.17, 15) is 8.42 Å². The van der Waals surface area contributed by atoms with Gasteiger partial charge in [-0.1, -0.05) is 23.8 Å². The van der Waals surface area contributed by atoms with Gasteiger partial charge in [0, 0.05) is 12.2 Å². The first-order valence-corrected chi connectivity index (χ1v) is 12.9. The number of ether oxygens (including phenoxy) is 1. The molecule has 1 aliphatic carbocycles. The van der Waals surface area contributed by atoms with E-state index in [1.54, 1.807) is 28.9 Å². The Balaban J connectivity index is 1.53. The van der Waals surface area contributed by atoms with E-state index in [2.05, 4.69) is 15.0 Å². The van der Waals surface area contributed by atoms with Crippen molar-refractivity contribution in [2.45, 2.75) is 63.0 Å². The van der Waals surface area contributed by atoms with Gasteiger partial charge >= 0.3 is 0 Å². The van der Waals surface area contributed by atoms with Crippen molar-refractivity contribution < 1.29 is 17.5 Å². The predicted molar refractivity (Wildman–Crippen MR) is 124 cm³/mol. The van der Waals surface area contributed by atoms with Crippen LogP contribution in [0.25, 0.3) is 10.9 Å². The number of hydrogen-bond donors (Lipinski definition) is 1. The van der Waals surface area contributed by atoms with Crippen molar-refractivity contribution in [1.29, 1.82) is 0 Å². The summed E-state index contributed by atoms with van der Waals surface area (Å²) in [5.74, 6) is -0.516. The molecule has 1 atom stereocenters. The summed E-state index contributed by atoms with van der Waals surface area (Å²) < 4.78 is 48.0. The number of nitrogens with one attached hydrogen (secondary N) is 1. The van der Waals surface area contributed by atoms with Crippen molar-refractivity contribution in [3.05, 3.63) is 59.0 Å². The second kappa shape index (κ2) is 8.87. The van der Waals surface area contributed by atoms with E-state index < -0.39 is 16.0 Å². The molecule has 0 saturated carbocycles. The molecule has 0 radical (unpaired) electrons. The molecule has 1 N–H and O–H groups in total. The van der Waals surface area contributed by atoms with Crippen molar-refractivity contribution in [2.75, 3.05) is 6.61 Å². The lowest BCUT2D eigenvalue weighted by Crippen LogP contribution is -2.21. The van der Waals surface area contributed by atoms with Crippen LogP contribution in [0.5, 0.6) is 0 Å². The van der Waals surface area contributed by atoms with Gasteiger partial charge in [0.2, 0.25) is 5.95 Å². The summed E-state index contributed by atoms with van der Waals surface area (Å²) in [7, 11) is -3.80. The van der Waals surface area contributed by atoms with Gasteiger partial charge in [0.15, 0.2) is 6.23 Å². The van der Waals surface area contributed by atoms with Crippen LogP contribution in [-0.4, -0.2) is 30.5 Å². The summed E-state index contributed by atoms with van der Waals surface area (Å²) in [4.78, 5) is 2.53. The third-order valence-corrected chi connectivity index (χ3v) is 7.63. The normalized spacial score (nSPS) is 20.5. The van der Waals surface area contributed by atoms with Crippen LogP contribution in [0.4, 0.5) is 4.39 Å². The van der Waals surface area contributed by atoms with E-state index in [0.717, 1.165) is 48.8 Å². The van der Waals surface area contributed by atoms with Gasteiger partial charge in [-0.25, -0.2) is 4.68 Å². The van der Waals surface area contributed by atoms with Crippen molar-refractivity contribution in [3.8, 4) is 0 Å². The number of rotatable bonds is 4. The van der Waals surface area contributed by atoms with Gasteiger partial charge in [-0.2, -0.15) is 22.7 Å². The molecule has 2 heterocycles. The molecule has 0 spiro atoms. The smallest absolute Gasteiger partial charge is 0.276 e. The Kier molecular flexibility index (Phi) is 5.92. The lowest BCUT2D eigenvalue weighted by Gasteiger charge is -2.23. The fourth-order valence-corrected chi connectivity index (χ4v) is 5.48. The molecule has 2 aliphatic rings. The molecule has 0 bridgehead atoms. The van der Waals surface area contributed by atoms with Gasteiger partial charge in [-0.05, 0) is 75.6 Å². The Labute approximate surface area is 192 Å². The molecular weight excluding hydrogens is 443 g/mol. The second-order valence-corrected chi connectivity index (χ2v) is 10.4. The maximum absolute atomic E-state index is 15.1. The third kappa shape index (κ3) is 4.27. The number of fused-ring (bicyclic) bond motifs is 3. The molecule has 0 amide bonds. The van der Waals surface area contributed by atoms with Gasteiger partial charge in [0.1, 0.15) is 0 Å². The number of aryl methyl sites for hydroxylation is 2. The van der Waals surface area contributed by atoms with Crippen molar-refractivity contribution in [2.24, 2.45) is 5.10 Å². The highest BCUT2D eigenvalue weighted by Gasteiger charge is 2.26. The van der Waals surface area contributed by atoms with Crippen LogP contribution in [0.3, 0.4) is 0 Å². The molecule has 1 aromatic heterocycles. The Hall–Kier alpha value is -2.78. The number of benzene rings is 2. The van der Waals surface area contributed by atoms with Gasteiger partial charge in [-0.3, -0.25) is 0 Å². The van der Waals surface area contributed by atoms with Crippen LogP contribution in [0.15, 0.2) is 46.4 Å². The van der Waals surface area contributed by atoms with Crippen LogP contribution >= 0.6 is 0 Å². The highest BCUT2D eigenvalue weighted by molar-refractivity contribution is 7.89. The summed E-state index contributed by atoms with van der Waals surface area (Å²) in [6.45, 7) is 2.55. The van der Waals surface area contributed by atoms with Gasteiger partial charge in [0.05, 0.1) is 21.5 Å². The van der Waals surface area contributed by atoms with E-state index >= 15 is 4.39 Å². The number of sulfonamides is 1. The fraction of sp³-hybridized carbons (Fsp3) is 0.417. The highest BCUT2D eigenvalue weighted by Crippen LogP contribution is 2.33. The maximum atomic E-state index is 15.1. The molecule has 174 valence electrons. The van der Waals surface area contributed by atoms with Crippen molar-refractivity contribution in [3.63, 3.8) is 0 Å². The first-order chi connectivity index (χ1) is 15.9. The van der Waals surface area contributed by atoms with Crippen LogP contribution in [0.1, 0.15) is 61.4 Å². The molecule has 3 aromatic rings. The third-order valence-electron chi connectivity index (χ3n) is 6.40. The topological polar surface area (TPSA) is 85.6 Å². The zero-order chi connectivity index (χ0) is 23.0. The summed E-state index contributed by atoms with van der Waals surface area (Å²) in [6.07, 6.45) is 5.57. The summed E-state index contributed by atoms with van der Waals surface area (Å²) in [6, 6.07) is 10.4. The first-order valence-electron chi connectivity index (χ1n) is 11.4. The van der Waals surface area contributed by atoms with E-state index in [1.807, 2.05) is 19.1 Å². The van der Waals surface area contributed by atoms with Gasteiger partial charge in [-0.15, -0.1) is 5.10 Å². The monoisotopic (exact) mass is 470 g/mol. The SMILES string of the molecule is Cc1ccc(S(=O)(=O)N/N=C2\CCCCc3c2ccc2c3c(F)nn2C2CCCCO2)cc1. The number of hydrogen-bond acceptors (Lipinski definition) is 5. The van der Waals surface area contributed by atoms with Crippen molar-refractivity contribution >= 4 is 26.6 Å². The fourth-order valence-electron chi connectivity index (χ4n) is 4.65. The van der Waals surface area contributed by atoms with Crippen LogP contribution < -0.4 is 4.83 Å². The van der Waals surface area contributed by atoms with Crippen molar-refractivity contribution in [1.82, 2.24) is 14.6 Å². The Bertz CT molecular complexity index is 1310. The van der Waals surface area contributed by atoms with E-state index in [1.165, 1.54) is 0 Å². The predicted octanol–water partition coefficient (Wildman–Crippen LogP) is 4.59. The Morgan fingerprint density at radius 3 is 2.64 bits per heavy atom. The summed E-state index contributed by atoms with van der Waals surface area (Å²) in [5.41, 5.74) is 3.90. The molecule has 2 aromatic carbocycles. The zero-order valence-electron chi connectivity index (χ0n) is 18.6. The lowest BCUT2D eigenvalue weighted by atomic mass is 9.98. The molecule has 7 nitrogen and oxygen atoms in total. The molecule has 33 heavy (non-hydrogen) atoms. The molecule has 9 heteroatoms. The van der Waals surface area contributed by atoms with Gasteiger partial charge in [0.25, 0.3) is 10.0 Å². The molecular formula is C24H27FN4O3S. The Morgan fingerprint density at radius 1 is 1.09 bits per heavy atom. The second-order valence-electron chi connectivity index (χ2n) is 8.72. The lowest BCUT2D eigenvalue weighted by molar-refractivity contribution is -0.0375. The number of hydrazone groups is 1. The summed E-state index contributed by atoms with van der Waals surface area (Å²) >= 11 is 0. The van der Waals surface area contributed by atoms with E-state index in [-0.39, 0.29) is 11.1 Å². The molecule has 1 unspecified atom stereocenters. The van der Waals surface area contributed by atoms with Crippen LogP contribution in [-0.2, 0) is 21.2 Å². The average Bonchev–Trinajstić information content (AvgIpc) is 3.02. The molecule has 1 saturated heterocycles. The van der Waals surface area contributed by atoms with E-state index in [4.69, 9.17) is 4.74 Å². The van der Waals surface area contributed by atoms with Gasteiger partial charge < -0.3 is 4.74 Å². The van der Waals surface area contributed by atoms with Crippen LogP contribution in [0.2, 0.25) is 0 Å². The first kappa shape index (κ1) is 22.0. The minimum Gasteiger partial charge on any atom is -0.356 e. The zero-order valence-corrected chi connectivity index (χ0v) is 19.4. The standard InChI is InChI=1S/C24H27FN4O3S/c1-16-9-11-17(12-10-16)33(30,31)28-26-20-7-3-2-6-19-18(20)13-14-21-23(19)24(25)27-29(21)22-8-4-5-15-32-22/h9-14,22,28H,2-8,15H2,1H3/b26-20+.